The molecule has 0 saturated carbocycles. The van der Waals surface area contributed by atoms with Crippen LogP contribution in [0.3, 0.4) is 0 Å². The molecule has 0 saturated heterocycles. The molecule has 16 rings (SSSR count). The molecule has 3 aliphatic rings. The number of hydrogen-bond acceptors (Lipinski definition) is 3. The summed E-state index contributed by atoms with van der Waals surface area (Å²) in [7, 11) is 0. The summed E-state index contributed by atoms with van der Waals surface area (Å²) in [5.41, 5.74) is 35.4. The highest BCUT2D eigenvalue weighted by molar-refractivity contribution is 6.17. The van der Waals surface area contributed by atoms with Crippen molar-refractivity contribution in [1.82, 2.24) is 0 Å². The number of rotatable bonds is 9. The molecule has 0 N–H and O–H groups in total. The van der Waals surface area contributed by atoms with Crippen molar-refractivity contribution in [2.45, 2.75) is 117 Å². The third-order valence-corrected chi connectivity index (χ3v) is 21.1. The molecule has 0 fully saturated rings. The maximum absolute atomic E-state index is 2.69. The van der Waals surface area contributed by atoms with Crippen LogP contribution in [0.2, 0.25) is 0 Å². The van der Waals surface area contributed by atoms with Gasteiger partial charge in [0.15, 0.2) is 0 Å². The summed E-state index contributed by atoms with van der Waals surface area (Å²) >= 11 is 0. The van der Waals surface area contributed by atoms with Gasteiger partial charge in [-0.1, -0.05) is 338 Å². The second-order valence-corrected chi connectivity index (χ2v) is 31.8. The first-order valence-electron chi connectivity index (χ1n) is 35.5. The molecule has 0 bridgehead atoms. The molecule has 3 heteroatoms. The van der Waals surface area contributed by atoms with Gasteiger partial charge in [0.1, 0.15) is 0 Å². The van der Waals surface area contributed by atoms with Crippen LogP contribution >= 0.6 is 0 Å². The van der Waals surface area contributed by atoms with E-state index in [1.807, 2.05) is 0 Å². The van der Waals surface area contributed by atoms with Crippen molar-refractivity contribution >= 4 is 51.2 Å². The quantitative estimate of drug-likeness (QED) is 0.143. The van der Waals surface area contributed by atoms with Gasteiger partial charge < -0.3 is 14.7 Å². The normalized spacial score (nSPS) is 13.5. The van der Waals surface area contributed by atoms with Crippen molar-refractivity contribution < 1.29 is 0 Å². The average Bonchev–Trinajstić information content (AvgIpc) is 0.687. The number of para-hydroxylation sites is 2. The lowest BCUT2D eigenvalue weighted by atomic mass is 9.74. The molecular formula is C96H87N3. The minimum Gasteiger partial charge on any atom is -0.305 e. The van der Waals surface area contributed by atoms with E-state index in [0.717, 1.165) is 124 Å². The fourth-order valence-corrected chi connectivity index (χ4v) is 15.7. The van der Waals surface area contributed by atoms with Gasteiger partial charge in [-0.2, -0.15) is 0 Å². The predicted molar refractivity (Wildman–Crippen MR) is 422 cm³/mol. The second-order valence-electron chi connectivity index (χ2n) is 31.8. The highest BCUT2D eigenvalue weighted by atomic mass is 15.3. The van der Waals surface area contributed by atoms with Gasteiger partial charge in [0.25, 0.3) is 0 Å². The monoisotopic (exact) mass is 1280 g/mol. The summed E-state index contributed by atoms with van der Waals surface area (Å²) in [6, 6.07) is 112. The Kier molecular flexibility index (Phi) is 15.3. The van der Waals surface area contributed by atoms with Gasteiger partial charge in [0.2, 0.25) is 0 Å². The Morgan fingerprint density at radius 1 is 0.232 bits per heavy atom. The van der Waals surface area contributed by atoms with Crippen LogP contribution in [0, 0.1) is 0 Å². The largest absolute Gasteiger partial charge is 0.305 e. The molecule has 0 spiro atoms. The molecule has 99 heavy (non-hydrogen) atoms. The third-order valence-electron chi connectivity index (χ3n) is 21.1. The Balaban J connectivity index is 1.09. The SMILES string of the molecule is CC(C)(C)c1ccc(-c2cccc(-c3ccc(C(C)(C)C)cc3)c2N2c3ccc(-c4ccccc4)cc3N3c4cc(-c5ccccc5)ccc4N(c4c(-c5ccc(C(C)(C)C)cc5)cccc4-c4ccc(C(C)(C)C)cc4)c4cc(C5c6ccccc6Cc6ccccc65)cc2c43)cc1. The number of nitrogens with zero attached hydrogens (tertiary/aromatic N) is 3. The Bertz CT molecular complexity index is 4750. The lowest BCUT2D eigenvalue weighted by Crippen LogP contribution is -2.31. The van der Waals surface area contributed by atoms with E-state index in [1.165, 1.54) is 50.1 Å². The van der Waals surface area contributed by atoms with E-state index in [9.17, 15) is 0 Å². The molecule has 0 aromatic heterocycles. The topological polar surface area (TPSA) is 9.72 Å². The Hall–Kier alpha value is -10.7. The summed E-state index contributed by atoms with van der Waals surface area (Å²) in [4.78, 5) is 8.04. The summed E-state index contributed by atoms with van der Waals surface area (Å²) < 4.78 is 0. The van der Waals surface area contributed by atoms with Crippen molar-refractivity contribution in [2.24, 2.45) is 0 Å². The van der Waals surface area contributed by atoms with E-state index in [-0.39, 0.29) is 27.6 Å². The summed E-state index contributed by atoms with van der Waals surface area (Å²) in [6.07, 6.45) is 0.873. The van der Waals surface area contributed by atoms with E-state index in [2.05, 4.69) is 389 Å². The van der Waals surface area contributed by atoms with Gasteiger partial charge in [-0.15, -0.1) is 0 Å². The first-order valence-corrected chi connectivity index (χ1v) is 35.5. The van der Waals surface area contributed by atoms with Crippen molar-refractivity contribution in [2.75, 3.05) is 14.7 Å². The number of fused-ring (bicyclic) bond motifs is 6. The van der Waals surface area contributed by atoms with Crippen molar-refractivity contribution in [1.29, 1.82) is 0 Å². The van der Waals surface area contributed by atoms with E-state index in [4.69, 9.17) is 0 Å². The van der Waals surface area contributed by atoms with E-state index < -0.39 is 0 Å². The first-order chi connectivity index (χ1) is 47.6. The van der Waals surface area contributed by atoms with Crippen molar-refractivity contribution in [3.8, 4) is 66.8 Å². The van der Waals surface area contributed by atoms with Crippen LogP contribution in [-0.4, -0.2) is 0 Å². The molecule has 2 aliphatic heterocycles. The molecule has 0 unspecified atom stereocenters. The van der Waals surface area contributed by atoms with Gasteiger partial charge in [-0.05, 0) is 159 Å². The fraction of sp³-hybridized carbons (Fsp3) is 0.188. The highest BCUT2D eigenvalue weighted by Gasteiger charge is 2.44. The van der Waals surface area contributed by atoms with Crippen LogP contribution in [0.15, 0.2) is 291 Å². The van der Waals surface area contributed by atoms with Gasteiger partial charge in [0.05, 0.1) is 51.2 Å². The Morgan fingerprint density at radius 3 is 0.848 bits per heavy atom. The minimum absolute atomic E-state index is 0.0353. The van der Waals surface area contributed by atoms with Crippen LogP contribution in [0.5, 0.6) is 0 Å². The van der Waals surface area contributed by atoms with E-state index in [1.54, 1.807) is 0 Å². The molecular weight excluding hydrogens is 1200 g/mol. The van der Waals surface area contributed by atoms with E-state index in [0.29, 0.717) is 0 Å². The van der Waals surface area contributed by atoms with Crippen LogP contribution in [0.1, 0.15) is 139 Å². The zero-order chi connectivity index (χ0) is 68.3. The molecule has 13 aromatic rings. The lowest BCUT2D eigenvalue weighted by molar-refractivity contribution is 0.590. The fourth-order valence-electron chi connectivity index (χ4n) is 15.7. The predicted octanol–water partition coefficient (Wildman–Crippen LogP) is 27.0. The Morgan fingerprint density at radius 2 is 0.525 bits per heavy atom. The molecule has 1 aliphatic carbocycles. The lowest BCUT2D eigenvalue weighted by Gasteiger charge is -2.49. The van der Waals surface area contributed by atoms with Crippen LogP contribution in [-0.2, 0) is 28.1 Å². The minimum atomic E-state index is -0.109. The van der Waals surface area contributed by atoms with Crippen molar-refractivity contribution in [3.63, 3.8) is 0 Å². The van der Waals surface area contributed by atoms with Crippen LogP contribution < -0.4 is 14.7 Å². The maximum Gasteiger partial charge on any atom is 0.0948 e. The Labute approximate surface area is 587 Å². The molecule has 0 amide bonds. The average molecular weight is 1280 g/mol. The van der Waals surface area contributed by atoms with Crippen LogP contribution in [0.4, 0.5) is 51.2 Å². The number of anilines is 9. The van der Waals surface area contributed by atoms with Gasteiger partial charge in [-0.25, -0.2) is 0 Å². The van der Waals surface area contributed by atoms with Gasteiger partial charge in [0, 0.05) is 28.2 Å². The van der Waals surface area contributed by atoms with Gasteiger partial charge >= 0.3 is 0 Å². The van der Waals surface area contributed by atoms with Gasteiger partial charge in [-0.3, -0.25) is 0 Å². The molecule has 2 heterocycles. The molecule has 3 nitrogen and oxygen atoms in total. The zero-order valence-corrected chi connectivity index (χ0v) is 59.3. The maximum atomic E-state index is 2.69. The zero-order valence-electron chi connectivity index (χ0n) is 59.3. The molecule has 0 radical (unpaired) electrons. The standard InChI is InChI=1S/C96H87N3/c1-93(2,3)73-47-37-64(38-48-73)79-33-23-34-80(65-39-49-74(50-40-65)94(4,5)6)90(79)97-83-55-45-68(62-25-15-13-16-26-62)58-85(83)99-86-59-69(63-27-17-14-18-28-63)46-56-84(86)98(88-61-72(60-87(97)92(88)99)89-77-31-21-19-29-70(77)57-71-30-20-22-32-78(71)89)91-81(66-41-51-75(52-42-66)95(7,8)9)35-24-36-82(91)67-43-53-76(54-44-67)96(10,11)12/h13-56,58-61,89H,57H2,1-12H3. The summed E-state index contributed by atoms with van der Waals surface area (Å²) in [6.45, 7) is 27.7. The molecule has 13 aromatic carbocycles. The van der Waals surface area contributed by atoms with Crippen LogP contribution in [0.25, 0.3) is 66.8 Å². The summed E-state index contributed by atoms with van der Waals surface area (Å²) in [5, 5.41) is 0. The molecule has 0 atom stereocenters. The number of hydrogen-bond donors (Lipinski definition) is 0. The smallest absolute Gasteiger partial charge is 0.0948 e. The highest BCUT2D eigenvalue weighted by Crippen LogP contribution is 2.67. The number of benzene rings is 13. The van der Waals surface area contributed by atoms with E-state index >= 15 is 0 Å². The van der Waals surface area contributed by atoms with Crippen molar-refractivity contribution in [3.05, 3.63) is 341 Å². The third kappa shape index (κ3) is 11.3. The first kappa shape index (κ1) is 63.0. The molecule has 486 valence electrons. The second kappa shape index (κ2) is 24.1. The summed E-state index contributed by atoms with van der Waals surface area (Å²) in [5.74, 6) is -0.109.